The molecule has 1 aliphatic heterocycles. The number of rotatable bonds is 2. The van der Waals surface area contributed by atoms with Crippen molar-refractivity contribution in [1.29, 1.82) is 0 Å². The largest absolute Gasteiger partial charge is 0.322 e. The summed E-state index contributed by atoms with van der Waals surface area (Å²) in [5.74, 6) is -0.554. The van der Waals surface area contributed by atoms with Crippen molar-refractivity contribution < 1.29 is 9.18 Å². The van der Waals surface area contributed by atoms with Gasteiger partial charge in [-0.3, -0.25) is 4.79 Å². The highest BCUT2D eigenvalue weighted by Gasteiger charge is 2.22. The molecule has 80 valence electrons. The maximum atomic E-state index is 13.2. The molecule has 0 spiro atoms. The average Bonchev–Trinajstić information content (AvgIpc) is 2.74. The van der Waals surface area contributed by atoms with E-state index in [2.05, 4.69) is 10.6 Å². The van der Waals surface area contributed by atoms with Crippen molar-refractivity contribution in [3.63, 3.8) is 0 Å². The Hall–Kier alpha value is -1.42. The Kier molecular flexibility index (Phi) is 2.97. The first-order chi connectivity index (χ1) is 7.27. The molecule has 2 rings (SSSR count). The van der Waals surface area contributed by atoms with Gasteiger partial charge in [0.2, 0.25) is 5.91 Å². The molecule has 4 heteroatoms. The van der Waals surface area contributed by atoms with Gasteiger partial charge in [0, 0.05) is 0 Å². The van der Waals surface area contributed by atoms with Crippen LogP contribution in [0.3, 0.4) is 0 Å². The zero-order valence-corrected chi connectivity index (χ0v) is 8.29. The minimum atomic E-state index is -0.399. The number of hydrogen-bond acceptors (Lipinski definition) is 2. The van der Waals surface area contributed by atoms with Crippen LogP contribution in [0.2, 0.25) is 0 Å². The summed E-state index contributed by atoms with van der Waals surface area (Å²) in [5, 5.41) is 5.64. The summed E-state index contributed by atoms with van der Waals surface area (Å²) >= 11 is 0. The van der Waals surface area contributed by atoms with E-state index >= 15 is 0 Å². The molecule has 0 unspecified atom stereocenters. The Morgan fingerprint density at radius 3 is 2.93 bits per heavy atom. The monoisotopic (exact) mass is 208 g/mol. The fourth-order valence-electron chi connectivity index (χ4n) is 1.69. The molecule has 1 aromatic rings. The van der Waals surface area contributed by atoms with Crippen LogP contribution in [-0.2, 0) is 4.79 Å². The molecule has 1 aromatic carbocycles. The van der Waals surface area contributed by atoms with Crippen LogP contribution in [0.25, 0.3) is 0 Å². The van der Waals surface area contributed by atoms with Crippen molar-refractivity contribution in [2.24, 2.45) is 0 Å². The van der Waals surface area contributed by atoms with E-state index in [1.165, 1.54) is 6.07 Å². The number of amides is 1. The lowest BCUT2D eigenvalue weighted by Gasteiger charge is -2.11. The van der Waals surface area contributed by atoms with Crippen molar-refractivity contribution >= 4 is 11.6 Å². The van der Waals surface area contributed by atoms with E-state index in [0.717, 1.165) is 19.4 Å². The molecule has 0 aliphatic carbocycles. The minimum absolute atomic E-state index is 0.155. The van der Waals surface area contributed by atoms with Gasteiger partial charge in [0.1, 0.15) is 5.82 Å². The topological polar surface area (TPSA) is 41.1 Å². The molecule has 1 saturated heterocycles. The Bertz CT molecular complexity index is 361. The number of benzene rings is 1. The second-order valence-electron chi connectivity index (χ2n) is 3.62. The zero-order valence-electron chi connectivity index (χ0n) is 8.29. The van der Waals surface area contributed by atoms with Crippen molar-refractivity contribution in [3.8, 4) is 0 Å². The molecule has 1 aliphatic rings. The molecular weight excluding hydrogens is 195 g/mol. The van der Waals surface area contributed by atoms with E-state index < -0.39 is 5.82 Å². The molecule has 0 bridgehead atoms. The van der Waals surface area contributed by atoms with E-state index in [4.69, 9.17) is 0 Å². The third kappa shape index (κ3) is 2.33. The Morgan fingerprint density at radius 2 is 2.27 bits per heavy atom. The third-order valence-electron chi connectivity index (χ3n) is 2.51. The second-order valence-corrected chi connectivity index (χ2v) is 3.62. The van der Waals surface area contributed by atoms with Gasteiger partial charge in [-0.15, -0.1) is 0 Å². The fourth-order valence-corrected chi connectivity index (χ4v) is 1.69. The predicted molar refractivity (Wildman–Crippen MR) is 56.1 cm³/mol. The van der Waals surface area contributed by atoms with E-state index in [0.29, 0.717) is 0 Å². The van der Waals surface area contributed by atoms with Crippen LogP contribution in [-0.4, -0.2) is 18.5 Å². The van der Waals surface area contributed by atoms with Crippen LogP contribution >= 0.6 is 0 Å². The Morgan fingerprint density at radius 1 is 1.47 bits per heavy atom. The number of para-hydroxylation sites is 1. The van der Waals surface area contributed by atoms with Crippen LogP contribution in [0.1, 0.15) is 12.8 Å². The fraction of sp³-hybridized carbons (Fsp3) is 0.364. The van der Waals surface area contributed by atoms with Crippen LogP contribution in [0.4, 0.5) is 10.1 Å². The predicted octanol–water partition coefficient (Wildman–Crippen LogP) is 1.52. The summed E-state index contributed by atoms with van der Waals surface area (Å²) in [6.45, 7) is 0.857. The lowest BCUT2D eigenvalue weighted by atomic mass is 10.2. The number of carbonyl (C=O) groups is 1. The summed E-state index contributed by atoms with van der Waals surface area (Å²) in [4.78, 5) is 11.6. The molecule has 1 amide bonds. The van der Waals surface area contributed by atoms with Gasteiger partial charge in [-0.2, -0.15) is 0 Å². The number of hydrogen-bond donors (Lipinski definition) is 2. The minimum Gasteiger partial charge on any atom is -0.322 e. The standard InChI is InChI=1S/C11H13FN2O/c12-8-4-1-2-5-9(8)14-11(15)10-6-3-7-13-10/h1-2,4-5,10,13H,3,6-7H2,(H,14,15)/t10-/m0/s1. The van der Waals surface area contributed by atoms with Gasteiger partial charge in [-0.25, -0.2) is 4.39 Å². The molecule has 2 N–H and O–H groups in total. The molecule has 0 saturated carbocycles. The molecule has 1 fully saturated rings. The number of halogens is 1. The van der Waals surface area contributed by atoms with E-state index in [-0.39, 0.29) is 17.6 Å². The van der Waals surface area contributed by atoms with Crippen molar-refractivity contribution in [3.05, 3.63) is 30.1 Å². The van der Waals surface area contributed by atoms with Crippen molar-refractivity contribution in [1.82, 2.24) is 5.32 Å². The van der Waals surface area contributed by atoms with Gasteiger partial charge < -0.3 is 10.6 Å². The molecule has 0 aromatic heterocycles. The van der Waals surface area contributed by atoms with Crippen molar-refractivity contribution in [2.75, 3.05) is 11.9 Å². The van der Waals surface area contributed by atoms with E-state index in [1.54, 1.807) is 18.2 Å². The highest BCUT2D eigenvalue weighted by molar-refractivity contribution is 5.95. The SMILES string of the molecule is O=C(Nc1ccccc1F)[C@@H]1CCCN1. The van der Waals surface area contributed by atoms with E-state index in [9.17, 15) is 9.18 Å². The van der Waals surface area contributed by atoms with Gasteiger partial charge >= 0.3 is 0 Å². The Balaban J connectivity index is 2.02. The van der Waals surface area contributed by atoms with Gasteiger partial charge in [0.25, 0.3) is 0 Å². The summed E-state index contributed by atoms with van der Waals surface area (Å²) < 4.78 is 13.2. The van der Waals surface area contributed by atoms with Crippen LogP contribution in [0, 0.1) is 5.82 Å². The van der Waals surface area contributed by atoms with Crippen LogP contribution in [0.15, 0.2) is 24.3 Å². The molecule has 15 heavy (non-hydrogen) atoms. The highest BCUT2D eigenvalue weighted by Crippen LogP contribution is 2.14. The first kappa shape index (κ1) is 10.1. The van der Waals surface area contributed by atoms with Crippen LogP contribution in [0.5, 0.6) is 0 Å². The zero-order chi connectivity index (χ0) is 10.7. The lowest BCUT2D eigenvalue weighted by Crippen LogP contribution is -2.35. The highest BCUT2D eigenvalue weighted by atomic mass is 19.1. The van der Waals surface area contributed by atoms with Crippen molar-refractivity contribution in [2.45, 2.75) is 18.9 Å². The molecule has 0 radical (unpaired) electrons. The maximum Gasteiger partial charge on any atom is 0.241 e. The number of anilines is 1. The van der Waals surface area contributed by atoms with Gasteiger partial charge in [0.15, 0.2) is 0 Å². The average molecular weight is 208 g/mol. The van der Waals surface area contributed by atoms with Gasteiger partial charge in [0.05, 0.1) is 11.7 Å². The number of nitrogens with one attached hydrogen (secondary N) is 2. The molecular formula is C11H13FN2O. The van der Waals surface area contributed by atoms with Gasteiger partial charge in [-0.05, 0) is 31.5 Å². The summed E-state index contributed by atoms with van der Waals surface area (Å²) in [5.41, 5.74) is 0.246. The first-order valence-corrected chi connectivity index (χ1v) is 5.06. The maximum absolute atomic E-state index is 13.2. The normalized spacial score (nSPS) is 20.2. The smallest absolute Gasteiger partial charge is 0.241 e. The van der Waals surface area contributed by atoms with Crippen LogP contribution < -0.4 is 10.6 Å². The lowest BCUT2D eigenvalue weighted by molar-refractivity contribution is -0.117. The summed E-state index contributed by atoms with van der Waals surface area (Å²) in [7, 11) is 0. The molecule has 1 heterocycles. The third-order valence-corrected chi connectivity index (χ3v) is 2.51. The molecule has 1 atom stereocenters. The van der Waals surface area contributed by atoms with Gasteiger partial charge in [-0.1, -0.05) is 12.1 Å². The Labute approximate surface area is 87.7 Å². The van der Waals surface area contributed by atoms with E-state index in [1.807, 2.05) is 0 Å². The first-order valence-electron chi connectivity index (χ1n) is 5.06. The summed E-state index contributed by atoms with van der Waals surface area (Å²) in [6.07, 6.45) is 1.82. The number of carbonyl (C=O) groups excluding carboxylic acids is 1. The molecule has 3 nitrogen and oxygen atoms in total. The second kappa shape index (κ2) is 4.40. The summed E-state index contributed by atoms with van der Waals surface area (Å²) in [6, 6.07) is 6.00. The quantitative estimate of drug-likeness (QED) is 0.773.